The van der Waals surface area contributed by atoms with Crippen LogP contribution < -0.4 is 10.5 Å². The van der Waals surface area contributed by atoms with Crippen LogP contribution in [0.3, 0.4) is 0 Å². The predicted octanol–water partition coefficient (Wildman–Crippen LogP) is 3.92. The molecule has 106 valence electrons. The van der Waals surface area contributed by atoms with Crippen LogP contribution in [0.1, 0.15) is 17.2 Å². The van der Waals surface area contributed by atoms with Gasteiger partial charge in [0, 0.05) is 27.7 Å². The van der Waals surface area contributed by atoms with Gasteiger partial charge in [-0.25, -0.2) is 13.2 Å². The molecule has 0 bridgehead atoms. The molecule has 0 aliphatic heterocycles. The van der Waals surface area contributed by atoms with Gasteiger partial charge in [0.2, 0.25) is 0 Å². The predicted molar refractivity (Wildman–Crippen MR) is 73.0 cm³/mol. The van der Waals surface area contributed by atoms with Gasteiger partial charge in [-0.3, -0.25) is 0 Å². The summed E-state index contributed by atoms with van der Waals surface area (Å²) in [7, 11) is 1.43. The minimum atomic E-state index is -1.10. The Morgan fingerprint density at radius 2 is 1.70 bits per heavy atom. The first-order valence-corrected chi connectivity index (χ1v) is 6.46. The number of methoxy groups -OCH3 is 1. The highest BCUT2D eigenvalue weighted by molar-refractivity contribution is 9.10. The van der Waals surface area contributed by atoms with Gasteiger partial charge in [-0.1, -0.05) is 22.0 Å². The molecule has 0 fully saturated rings. The third-order valence-corrected chi connectivity index (χ3v) is 3.38. The topological polar surface area (TPSA) is 35.2 Å². The van der Waals surface area contributed by atoms with Gasteiger partial charge >= 0.3 is 0 Å². The summed E-state index contributed by atoms with van der Waals surface area (Å²) in [4.78, 5) is 0. The molecule has 0 spiro atoms. The normalized spacial score (nSPS) is 12.3. The molecule has 2 nitrogen and oxygen atoms in total. The average Bonchev–Trinajstić information content (AvgIpc) is 2.37. The van der Waals surface area contributed by atoms with E-state index in [-0.39, 0.29) is 0 Å². The summed E-state index contributed by atoms with van der Waals surface area (Å²) in [5, 5.41) is 0. The van der Waals surface area contributed by atoms with Crippen molar-refractivity contribution in [2.24, 2.45) is 5.73 Å². The molecule has 2 aromatic rings. The third kappa shape index (κ3) is 2.81. The molecule has 0 saturated carbocycles. The van der Waals surface area contributed by atoms with Gasteiger partial charge in [0.05, 0.1) is 13.2 Å². The van der Waals surface area contributed by atoms with E-state index in [1.165, 1.54) is 7.11 Å². The largest absolute Gasteiger partial charge is 0.496 e. The van der Waals surface area contributed by atoms with Crippen molar-refractivity contribution in [1.29, 1.82) is 0 Å². The first-order chi connectivity index (χ1) is 9.43. The zero-order chi connectivity index (χ0) is 14.9. The third-order valence-electron chi connectivity index (χ3n) is 2.89. The molecule has 0 aliphatic carbocycles. The van der Waals surface area contributed by atoms with Crippen LogP contribution in [0.4, 0.5) is 13.2 Å². The Kier molecular flexibility index (Phi) is 4.35. The average molecular weight is 346 g/mol. The van der Waals surface area contributed by atoms with Crippen LogP contribution in [0.5, 0.6) is 5.75 Å². The summed E-state index contributed by atoms with van der Waals surface area (Å²) >= 11 is 3.26. The first kappa shape index (κ1) is 14.9. The molecular weight excluding hydrogens is 335 g/mol. The van der Waals surface area contributed by atoms with E-state index in [1.54, 1.807) is 18.2 Å². The number of hydrogen-bond donors (Lipinski definition) is 1. The van der Waals surface area contributed by atoms with Crippen molar-refractivity contribution in [1.82, 2.24) is 0 Å². The highest BCUT2D eigenvalue weighted by atomic mass is 79.9. The van der Waals surface area contributed by atoms with Gasteiger partial charge in [-0.05, 0) is 12.1 Å². The smallest absolute Gasteiger partial charge is 0.134 e. The summed E-state index contributed by atoms with van der Waals surface area (Å²) in [5.41, 5.74) is 5.90. The Hall–Kier alpha value is -1.53. The number of benzene rings is 2. The molecular formula is C14H11BrF3NO. The van der Waals surface area contributed by atoms with Crippen LogP contribution in [0.15, 0.2) is 34.8 Å². The molecule has 6 heteroatoms. The minimum Gasteiger partial charge on any atom is -0.496 e. The Balaban J connectivity index is 2.54. The maximum absolute atomic E-state index is 13.8. The van der Waals surface area contributed by atoms with E-state index in [0.717, 1.165) is 4.47 Å². The fraction of sp³-hybridized carbons (Fsp3) is 0.143. The van der Waals surface area contributed by atoms with Crippen LogP contribution in [0.25, 0.3) is 0 Å². The lowest BCUT2D eigenvalue weighted by atomic mass is 9.97. The Bertz CT molecular complexity index is 625. The fourth-order valence-electron chi connectivity index (χ4n) is 1.95. The van der Waals surface area contributed by atoms with Gasteiger partial charge in [-0.15, -0.1) is 0 Å². The summed E-state index contributed by atoms with van der Waals surface area (Å²) < 4.78 is 46.3. The zero-order valence-corrected chi connectivity index (χ0v) is 12.0. The lowest BCUT2D eigenvalue weighted by Gasteiger charge is -2.17. The molecule has 2 N–H and O–H groups in total. The number of ether oxygens (including phenoxy) is 1. The number of nitrogens with two attached hydrogens (primary N) is 1. The van der Waals surface area contributed by atoms with E-state index in [9.17, 15) is 13.2 Å². The molecule has 2 rings (SSSR count). The van der Waals surface area contributed by atoms with E-state index in [1.807, 2.05) is 0 Å². The summed E-state index contributed by atoms with van der Waals surface area (Å²) in [6.07, 6.45) is 0. The molecule has 0 amide bonds. The van der Waals surface area contributed by atoms with Crippen LogP contribution >= 0.6 is 15.9 Å². The van der Waals surface area contributed by atoms with Crippen LogP contribution in [-0.4, -0.2) is 7.11 Å². The van der Waals surface area contributed by atoms with Crippen molar-refractivity contribution in [3.63, 3.8) is 0 Å². The Labute approximate surface area is 122 Å². The molecule has 1 atom stereocenters. The fourth-order valence-corrected chi connectivity index (χ4v) is 2.29. The lowest BCUT2D eigenvalue weighted by molar-refractivity contribution is 0.406. The van der Waals surface area contributed by atoms with E-state index in [2.05, 4.69) is 15.9 Å². The zero-order valence-electron chi connectivity index (χ0n) is 10.5. The highest BCUT2D eigenvalue weighted by Crippen LogP contribution is 2.33. The lowest BCUT2D eigenvalue weighted by Crippen LogP contribution is -2.17. The molecule has 0 saturated heterocycles. The van der Waals surface area contributed by atoms with Gasteiger partial charge in [0.1, 0.15) is 23.2 Å². The van der Waals surface area contributed by atoms with Crippen molar-refractivity contribution in [3.8, 4) is 5.75 Å². The van der Waals surface area contributed by atoms with Gasteiger partial charge in [0.25, 0.3) is 0 Å². The second-order valence-electron chi connectivity index (χ2n) is 4.15. The maximum Gasteiger partial charge on any atom is 0.134 e. The highest BCUT2D eigenvalue weighted by Gasteiger charge is 2.22. The number of rotatable bonds is 3. The SMILES string of the molecule is COc1cc(Br)ccc1C(N)c1c(F)cc(F)cc1F. The van der Waals surface area contributed by atoms with Crippen LogP contribution in [0.2, 0.25) is 0 Å². The van der Waals surface area contributed by atoms with Gasteiger partial charge in [0.15, 0.2) is 0 Å². The Morgan fingerprint density at radius 3 is 2.25 bits per heavy atom. The Morgan fingerprint density at radius 1 is 1.10 bits per heavy atom. The van der Waals surface area contributed by atoms with E-state index in [0.29, 0.717) is 23.4 Å². The van der Waals surface area contributed by atoms with E-state index < -0.39 is 29.1 Å². The minimum absolute atomic E-state index is 0.384. The maximum atomic E-state index is 13.8. The quantitative estimate of drug-likeness (QED) is 0.914. The molecule has 0 heterocycles. The second-order valence-corrected chi connectivity index (χ2v) is 5.06. The van der Waals surface area contributed by atoms with Gasteiger partial charge in [-0.2, -0.15) is 0 Å². The van der Waals surface area contributed by atoms with Crippen LogP contribution in [-0.2, 0) is 0 Å². The van der Waals surface area contributed by atoms with Gasteiger partial charge < -0.3 is 10.5 Å². The summed E-state index contributed by atoms with van der Waals surface area (Å²) in [5.74, 6) is -2.66. The van der Waals surface area contributed by atoms with Crippen molar-refractivity contribution in [3.05, 3.63) is 63.4 Å². The van der Waals surface area contributed by atoms with E-state index in [4.69, 9.17) is 10.5 Å². The molecule has 0 aromatic heterocycles. The number of halogens is 4. The van der Waals surface area contributed by atoms with Crippen molar-refractivity contribution in [2.75, 3.05) is 7.11 Å². The second kappa shape index (κ2) is 5.85. The molecule has 20 heavy (non-hydrogen) atoms. The molecule has 0 aliphatic rings. The standard InChI is InChI=1S/C14H11BrF3NO/c1-20-12-4-7(15)2-3-9(12)14(19)13-10(17)5-8(16)6-11(13)18/h2-6,14H,19H2,1H3. The molecule has 2 aromatic carbocycles. The molecule has 1 unspecified atom stereocenters. The van der Waals surface area contributed by atoms with Crippen LogP contribution in [0, 0.1) is 17.5 Å². The van der Waals surface area contributed by atoms with E-state index >= 15 is 0 Å². The first-order valence-electron chi connectivity index (χ1n) is 5.67. The monoisotopic (exact) mass is 345 g/mol. The van der Waals surface area contributed by atoms with Crippen molar-refractivity contribution >= 4 is 15.9 Å². The summed E-state index contributed by atoms with van der Waals surface area (Å²) in [6, 6.07) is 5.01. The summed E-state index contributed by atoms with van der Waals surface area (Å²) in [6.45, 7) is 0. The van der Waals surface area contributed by atoms with Crippen molar-refractivity contribution < 1.29 is 17.9 Å². The van der Waals surface area contributed by atoms with Crippen molar-refractivity contribution in [2.45, 2.75) is 6.04 Å². The molecule has 0 radical (unpaired) electrons. The number of hydrogen-bond acceptors (Lipinski definition) is 2.